The first-order valence-corrected chi connectivity index (χ1v) is 8.17. The molecular formula is C15H26BrN3O. The molecule has 1 fully saturated rings. The summed E-state index contributed by atoms with van der Waals surface area (Å²) >= 11 is 3.63. The molecule has 4 nitrogen and oxygen atoms in total. The van der Waals surface area contributed by atoms with Crippen molar-refractivity contribution in [3.05, 3.63) is 15.9 Å². The summed E-state index contributed by atoms with van der Waals surface area (Å²) in [6.07, 6.45) is 5.39. The van der Waals surface area contributed by atoms with Gasteiger partial charge in [0.05, 0.1) is 21.5 Å². The third-order valence-electron chi connectivity index (χ3n) is 4.75. The fourth-order valence-corrected chi connectivity index (χ4v) is 4.01. The highest BCUT2D eigenvalue weighted by Gasteiger charge is 2.40. The number of halogens is 1. The number of ether oxygens (including phenoxy) is 1. The van der Waals surface area contributed by atoms with Crippen LogP contribution < -0.4 is 5.73 Å². The predicted molar refractivity (Wildman–Crippen MR) is 84.7 cm³/mol. The Balaban J connectivity index is 2.19. The van der Waals surface area contributed by atoms with Gasteiger partial charge >= 0.3 is 0 Å². The normalized spacial score (nSPS) is 28.6. The minimum atomic E-state index is -0.185. The maximum atomic E-state index is 6.55. The molecule has 1 heterocycles. The monoisotopic (exact) mass is 343 g/mol. The molecule has 5 heteroatoms. The smallest absolute Gasteiger partial charge is 0.0835 e. The maximum Gasteiger partial charge on any atom is 0.0835 e. The molecule has 0 saturated heterocycles. The molecule has 114 valence electrons. The Morgan fingerprint density at radius 3 is 2.80 bits per heavy atom. The summed E-state index contributed by atoms with van der Waals surface area (Å²) in [7, 11) is 3.78. The molecule has 1 aliphatic rings. The van der Waals surface area contributed by atoms with Crippen LogP contribution in [0.3, 0.4) is 0 Å². The molecule has 1 aromatic heterocycles. The quantitative estimate of drug-likeness (QED) is 0.914. The van der Waals surface area contributed by atoms with E-state index in [0.717, 1.165) is 35.1 Å². The molecule has 0 amide bonds. The number of methoxy groups -OCH3 is 1. The third-order valence-corrected chi connectivity index (χ3v) is 5.78. The van der Waals surface area contributed by atoms with E-state index in [4.69, 9.17) is 10.5 Å². The van der Waals surface area contributed by atoms with E-state index in [1.54, 1.807) is 7.11 Å². The second-order valence-corrected chi connectivity index (χ2v) is 7.04. The summed E-state index contributed by atoms with van der Waals surface area (Å²) in [4.78, 5) is 0. The van der Waals surface area contributed by atoms with Gasteiger partial charge in [-0.3, -0.25) is 4.68 Å². The van der Waals surface area contributed by atoms with E-state index in [2.05, 4.69) is 28.0 Å². The average molecular weight is 344 g/mol. The summed E-state index contributed by atoms with van der Waals surface area (Å²) in [6.45, 7) is 4.30. The Kier molecular flexibility index (Phi) is 4.92. The van der Waals surface area contributed by atoms with Gasteiger partial charge in [0.2, 0.25) is 0 Å². The standard InChI is InChI=1S/C15H26BrN3O/c1-10-6-5-7-15(9-10,20-4)13(17)8-12-14(16)11(2)18-19(12)3/h10,13H,5-9,17H2,1-4H3. The van der Waals surface area contributed by atoms with Crippen LogP contribution in [0.15, 0.2) is 4.47 Å². The number of rotatable bonds is 4. The molecular weight excluding hydrogens is 318 g/mol. The fourth-order valence-electron chi connectivity index (χ4n) is 3.51. The van der Waals surface area contributed by atoms with Crippen LogP contribution in [0, 0.1) is 12.8 Å². The van der Waals surface area contributed by atoms with Crippen molar-refractivity contribution in [1.82, 2.24) is 9.78 Å². The van der Waals surface area contributed by atoms with Crippen molar-refractivity contribution in [2.75, 3.05) is 7.11 Å². The Hall–Kier alpha value is -0.390. The molecule has 0 radical (unpaired) electrons. The molecule has 0 spiro atoms. The van der Waals surface area contributed by atoms with Crippen LogP contribution in [-0.2, 0) is 18.2 Å². The van der Waals surface area contributed by atoms with Crippen LogP contribution in [0.2, 0.25) is 0 Å². The van der Waals surface area contributed by atoms with E-state index in [9.17, 15) is 0 Å². The topological polar surface area (TPSA) is 53.1 Å². The van der Waals surface area contributed by atoms with Crippen molar-refractivity contribution in [3.8, 4) is 0 Å². The molecule has 1 aromatic rings. The first-order chi connectivity index (χ1) is 9.39. The van der Waals surface area contributed by atoms with Crippen LogP contribution in [-0.4, -0.2) is 28.5 Å². The molecule has 2 N–H and O–H groups in total. The summed E-state index contributed by atoms with van der Waals surface area (Å²) in [5, 5.41) is 4.45. The van der Waals surface area contributed by atoms with Crippen molar-refractivity contribution in [2.45, 2.75) is 57.6 Å². The van der Waals surface area contributed by atoms with Gasteiger partial charge in [0.1, 0.15) is 0 Å². The Bertz CT molecular complexity index is 474. The lowest BCUT2D eigenvalue weighted by molar-refractivity contribution is -0.0708. The second-order valence-electron chi connectivity index (χ2n) is 6.25. The van der Waals surface area contributed by atoms with Crippen molar-refractivity contribution in [2.24, 2.45) is 18.7 Å². The van der Waals surface area contributed by atoms with E-state index in [0.29, 0.717) is 5.92 Å². The van der Waals surface area contributed by atoms with Crippen LogP contribution in [0.1, 0.15) is 44.0 Å². The zero-order valence-electron chi connectivity index (χ0n) is 12.9. The van der Waals surface area contributed by atoms with Crippen molar-refractivity contribution < 1.29 is 4.74 Å². The van der Waals surface area contributed by atoms with E-state index in [-0.39, 0.29) is 11.6 Å². The minimum absolute atomic E-state index is 0.00125. The van der Waals surface area contributed by atoms with Gasteiger partial charge in [-0.15, -0.1) is 0 Å². The molecule has 3 atom stereocenters. The molecule has 0 aliphatic heterocycles. The molecule has 2 rings (SSSR count). The zero-order chi connectivity index (χ0) is 14.9. The molecule has 1 saturated carbocycles. The van der Waals surface area contributed by atoms with E-state index < -0.39 is 0 Å². The van der Waals surface area contributed by atoms with Crippen molar-refractivity contribution >= 4 is 15.9 Å². The van der Waals surface area contributed by atoms with Crippen molar-refractivity contribution in [1.29, 1.82) is 0 Å². The number of aryl methyl sites for hydroxylation is 2. The number of hydrogen-bond donors (Lipinski definition) is 1. The highest BCUT2D eigenvalue weighted by molar-refractivity contribution is 9.10. The number of aromatic nitrogens is 2. The number of nitrogens with zero attached hydrogens (tertiary/aromatic N) is 2. The van der Waals surface area contributed by atoms with Gasteiger partial charge < -0.3 is 10.5 Å². The van der Waals surface area contributed by atoms with Crippen molar-refractivity contribution in [3.63, 3.8) is 0 Å². The Morgan fingerprint density at radius 1 is 1.60 bits per heavy atom. The Labute approximate surface area is 130 Å². The predicted octanol–water partition coefficient (Wildman–Crippen LogP) is 2.96. The van der Waals surface area contributed by atoms with Crippen LogP contribution in [0.4, 0.5) is 0 Å². The first kappa shape index (κ1) is 16.0. The Morgan fingerprint density at radius 2 is 2.30 bits per heavy atom. The summed E-state index contributed by atoms with van der Waals surface area (Å²) in [5.74, 6) is 0.687. The first-order valence-electron chi connectivity index (χ1n) is 7.38. The van der Waals surface area contributed by atoms with E-state index in [1.165, 1.54) is 12.8 Å². The largest absolute Gasteiger partial charge is 0.377 e. The van der Waals surface area contributed by atoms with Gasteiger partial charge in [-0.1, -0.05) is 19.8 Å². The van der Waals surface area contributed by atoms with Gasteiger partial charge in [0.25, 0.3) is 0 Å². The highest BCUT2D eigenvalue weighted by Crippen LogP contribution is 2.38. The number of hydrogen-bond acceptors (Lipinski definition) is 3. The lowest BCUT2D eigenvalue weighted by atomic mass is 9.73. The van der Waals surface area contributed by atoms with Crippen LogP contribution in [0.5, 0.6) is 0 Å². The average Bonchev–Trinajstić information content (AvgIpc) is 2.65. The molecule has 0 aromatic carbocycles. The summed E-state index contributed by atoms with van der Waals surface area (Å²) in [6, 6.07) is 0.00125. The highest BCUT2D eigenvalue weighted by atomic mass is 79.9. The van der Waals surface area contributed by atoms with E-state index >= 15 is 0 Å². The third kappa shape index (κ3) is 2.95. The fraction of sp³-hybridized carbons (Fsp3) is 0.800. The minimum Gasteiger partial charge on any atom is -0.377 e. The zero-order valence-corrected chi connectivity index (χ0v) is 14.5. The lowest BCUT2D eigenvalue weighted by Crippen LogP contribution is -2.53. The van der Waals surface area contributed by atoms with Crippen LogP contribution in [0.25, 0.3) is 0 Å². The lowest BCUT2D eigenvalue weighted by Gasteiger charge is -2.43. The number of nitrogens with two attached hydrogens (primary N) is 1. The van der Waals surface area contributed by atoms with E-state index in [1.807, 2.05) is 18.7 Å². The second kappa shape index (κ2) is 6.16. The maximum absolute atomic E-state index is 6.55. The van der Waals surface area contributed by atoms with Gasteiger partial charge in [-0.2, -0.15) is 5.10 Å². The van der Waals surface area contributed by atoms with Gasteiger partial charge in [0, 0.05) is 26.6 Å². The van der Waals surface area contributed by atoms with Crippen LogP contribution >= 0.6 is 15.9 Å². The van der Waals surface area contributed by atoms with Gasteiger partial charge in [0.15, 0.2) is 0 Å². The van der Waals surface area contributed by atoms with Gasteiger partial charge in [-0.05, 0) is 41.6 Å². The summed E-state index contributed by atoms with van der Waals surface area (Å²) < 4.78 is 8.90. The van der Waals surface area contributed by atoms with Gasteiger partial charge in [-0.25, -0.2) is 0 Å². The molecule has 1 aliphatic carbocycles. The molecule has 3 unspecified atom stereocenters. The molecule has 20 heavy (non-hydrogen) atoms. The molecule has 0 bridgehead atoms. The SMILES string of the molecule is COC1(C(N)Cc2c(Br)c(C)nn2C)CCCC(C)C1. The summed E-state index contributed by atoms with van der Waals surface area (Å²) in [5.41, 5.74) is 8.53.